The molecule has 7 heteroatoms. The highest BCUT2D eigenvalue weighted by atomic mass is 35.5. The molecule has 0 aliphatic rings. The van der Waals surface area contributed by atoms with Crippen molar-refractivity contribution in [3.05, 3.63) is 29.3 Å². The Morgan fingerprint density at radius 1 is 1.41 bits per heavy atom. The second-order valence-corrected chi connectivity index (χ2v) is 3.95. The summed E-state index contributed by atoms with van der Waals surface area (Å²) in [5.74, 6) is 0. The molecule has 17 heavy (non-hydrogen) atoms. The van der Waals surface area contributed by atoms with Crippen LogP contribution in [-0.2, 0) is 4.74 Å². The number of methoxy groups -OCH3 is 1. The molecule has 1 amide bonds. The van der Waals surface area contributed by atoms with E-state index in [4.69, 9.17) is 23.8 Å². The number of hydrazine groups is 1. The average Bonchev–Trinajstić information content (AvgIpc) is 2.30. The maximum Gasteiger partial charge on any atom is 0.428 e. The first-order valence-corrected chi connectivity index (χ1v) is 5.46. The molecule has 0 saturated heterocycles. The van der Waals surface area contributed by atoms with Crippen LogP contribution in [0.2, 0.25) is 5.02 Å². The van der Waals surface area contributed by atoms with Gasteiger partial charge in [0.15, 0.2) is 5.11 Å². The van der Waals surface area contributed by atoms with Crippen LogP contribution >= 0.6 is 23.8 Å². The smallest absolute Gasteiger partial charge is 0.428 e. The predicted octanol–water partition coefficient (Wildman–Crippen LogP) is 2.24. The molecular formula is C10H12ClN3O2S. The summed E-state index contributed by atoms with van der Waals surface area (Å²) in [6.45, 7) is 0. The van der Waals surface area contributed by atoms with E-state index in [0.717, 1.165) is 10.7 Å². The number of ether oxygens (including phenoxy) is 1. The molecular weight excluding hydrogens is 262 g/mol. The lowest BCUT2D eigenvalue weighted by Gasteiger charge is -2.18. The van der Waals surface area contributed by atoms with Crippen molar-refractivity contribution in [1.29, 1.82) is 0 Å². The Bertz CT molecular complexity index is 411. The lowest BCUT2D eigenvalue weighted by molar-refractivity contribution is 0.125. The Morgan fingerprint density at radius 2 is 2.00 bits per heavy atom. The van der Waals surface area contributed by atoms with Gasteiger partial charge in [0.25, 0.3) is 0 Å². The van der Waals surface area contributed by atoms with Gasteiger partial charge < -0.3 is 10.1 Å². The van der Waals surface area contributed by atoms with Crippen molar-refractivity contribution in [3.63, 3.8) is 0 Å². The van der Waals surface area contributed by atoms with Gasteiger partial charge in [0.05, 0.1) is 7.11 Å². The largest absolute Gasteiger partial charge is 0.452 e. The third-order valence-electron chi connectivity index (χ3n) is 1.82. The number of carbonyl (C=O) groups excluding carboxylic acids is 1. The molecule has 1 rings (SSSR count). The molecule has 0 spiro atoms. The Morgan fingerprint density at radius 3 is 2.53 bits per heavy atom. The topological polar surface area (TPSA) is 53.6 Å². The van der Waals surface area contributed by atoms with Gasteiger partial charge >= 0.3 is 6.09 Å². The van der Waals surface area contributed by atoms with Crippen LogP contribution in [-0.4, -0.2) is 30.4 Å². The molecule has 0 heterocycles. The minimum absolute atomic E-state index is 0.278. The van der Waals surface area contributed by atoms with Crippen molar-refractivity contribution in [1.82, 2.24) is 10.4 Å². The number of hydrogen-bond acceptors (Lipinski definition) is 3. The van der Waals surface area contributed by atoms with Crippen LogP contribution in [0.3, 0.4) is 0 Å². The van der Waals surface area contributed by atoms with Gasteiger partial charge in [0, 0.05) is 17.8 Å². The fraction of sp³-hybridized carbons (Fsp3) is 0.200. The van der Waals surface area contributed by atoms with Gasteiger partial charge in [-0.15, -0.1) is 0 Å². The van der Waals surface area contributed by atoms with Crippen LogP contribution in [0.25, 0.3) is 0 Å². The standard InChI is InChI=1S/C10H12ClN3O2S/c1-14(10(15)16-2)13-9(17)12-8-5-3-7(11)4-6-8/h3-6H,1-2H3,(H2,12,13,17). The molecule has 1 aromatic rings. The van der Waals surface area contributed by atoms with E-state index in [2.05, 4.69) is 15.5 Å². The number of nitrogens with one attached hydrogen (secondary N) is 2. The van der Waals surface area contributed by atoms with E-state index in [1.165, 1.54) is 14.2 Å². The van der Waals surface area contributed by atoms with E-state index >= 15 is 0 Å². The number of hydrogen-bond donors (Lipinski definition) is 2. The second-order valence-electron chi connectivity index (χ2n) is 3.10. The zero-order valence-corrected chi connectivity index (χ0v) is 10.9. The van der Waals surface area contributed by atoms with Gasteiger partial charge in [-0.3, -0.25) is 5.43 Å². The molecule has 0 radical (unpaired) electrons. The first-order chi connectivity index (χ1) is 8.02. The Hall–Kier alpha value is -1.53. The molecule has 0 saturated carbocycles. The molecule has 0 bridgehead atoms. The zero-order valence-electron chi connectivity index (χ0n) is 9.36. The summed E-state index contributed by atoms with van der Waals surface area (Å²) in [6, 6.07) is 7.01. The Labute approximate surface area is 110 Å². The molecule has 0 aliphatic carbocycles. The van der Waals surface area contributed by atoms with Gasteiger partial charge in [-0.1, -0.05) is 11.6 Å². The second kappa shape index (κ2) is 6.27. The lowest BCUT2D eigenvalue weighted by Crippen LogP contribution is -2.45. The van der Waals surface area contributed by atoms with E-state index in [9.17, 15) is 4.79 Å². The minimum atomic E-state index is -0.537. The quantitative estimate of drug-likeness (QED) is 0.607. The van der Waals surface area contributed by atoms with Crippen LogP contribution in [0.4, 0.5) is 10.5 Å². The number of amides is 1. The van der Waals surface area contributed by atoms with Crippen LogP contribution in [0.15, 0.2) is 24.3 Å². The van der Waals surface area contributed by atoms with Crippen molar-refractivity contribution in [2.75, 3.05) is 19.5 Å². The SMILES string of the molecule is COC(=O)N(C)NC(=S)Nc1ccc(Cl)cc1. The number of anilines is 1. The van der Waals surface area contributed by atoms with Gasteiger partial charge in [0.2, 0.25) is 0 Å². The van der Waals surface area contributed by atoms with Gasteiger partial charge in [0.1, 0.15) is 0 Å². The van der Waals surface area contributed by atoms with Crippen molar-refractivity contribution in [2.45, 2.75) is 0 Å². The van der Waals surface area contributed by atoms with E-state index < -0.39 is 6.09 Å². The van der Waals surface area contributed by atoms with Crippen molar-refractivity contribution in [2.24, 2.45) is 0 Å². The van der Waals surface area contributed by atoms with Crippen LogP contribution in [0.1, 0.15) is 0 Å². The minimum Gasteiger partial charge on any atom is -0.452 e. The molecule has 0 fully saturated rings. The summed E-state index contributed by atoms with van der Waals surface area (Å²) >= 11 is 10.8. The Balaban J connectivity index is 2.50. The summed E-state index contributed by atoms with van der Waals surface area (Å²) < 4.78 is 4.50. The number of nitrogens with zero attached hydrogens (tertiary/aromatic N) is 1. The van der Waals surface area contributed by atoms with Gasteiger partial charge in [-0.25, -0.2) is 9.80 Å². The number of halogens is 1. The van der Waals surface area contributed by atoms with Crippen LogP contribution in [0, 0.1) is 0 Å². The van der Waals surface area contributed by atoms with Crippen molar-refractivity contribution < 1.29 is 9.53 Å². The number of carbonyl (C=O) groups is 1. The summed E-state index contributed by atoms with van der Waals surface area (Å²) in [6.07, 6.45) is -0.537. The number of rotatable bonds is 1. The summed E-state index contributed by atoms with van der Waals surface area (Å²) in [4.78, 5) is 11.1. The fourth-order valence-corrected chi connectivity index (χ4v) is 1.41. The molecule has 1 aromatic carbocycles. The van der Waals surface area contributed by atoms with Crippen molar-refractivity contribution in [3.8, 4) is 0 Å². The number of benzene rings is 1. The third kappa shape index (κ3) is 4.46. The van der Waals surface area contributed by atoms with E-state index in [0.29, 0.717) is 5.02 Å². The predicted molar refractivity (Wildman–Crippen MR) is 71.0 cm³/mol. The molecule has 0 aliphatic heterocycles. The highest BCUT2D eigenvalue weighted by molar-refractivity contribution is 7.80. The van der Waals surface area contributed by atoms with E-state index in [-0.39, 0.29) is 5.11 Å². The normalized spacial score (nSPS) is 9.35. The zero-order chi connectivity index (χ0) is 12.8. The van der Waals surface area contributed by atoms with Crippen LogP contribution in [0.5, 0.6) is 0 Å². The van der Waals surface area contributed by atoms with Gasteiger partial charge in [-0.05, 0) is 36.5 Å². The lowest BCUT2D eigenvalue weighted by atomic mass is 10.3. The molecule has 0 atom stereocenters. The Kier molecular flexibility index (Phi) is 4.99. The molecule has 2 N–H and O–H groups in total. The molecule has 5 nitrogen and oxygen atoms in total. The maximum atomic E-state index is 11.1. The summed E-state index contributed by atoms with van der Waals surface area (Å²) in [5.41, 5.74) is 3.41. The van der Waals surface area contributed by atoms with Gasteiger partial charge in [-0.2, -0.15) is 0 Å². The monoisotopic (exact) mass is 273 g/mol. The van der Waals surface area contributed by atoms with Crippen LogP contribution < -0.4 is 10.7 Å². The third-order valence-corrected chi connectivity index (χ3v) is 2.27. The average molecular weight is 274 g/mol. The number of thiocarbonyl (C=S) groups is 1. The highest BCUT2D eigenvalue weighted by Crippen LogP contribution is 2.13. The highest BCUT2D eigenvalue weighted by Gasteiger charge is 2.08. The fourth-order valence-electron chi connectivity index (χ4n) is 1.03. The summed E-state index contributed by atoms with van der Waals surface area (Å²) in [7, 11) is 2.79. The maximum absolute atomic E-state index is 11.1. The molecule has 0 aromatic heterocycles. The molecule has 0 unspecified atom stereocenters. The summed E-state index contributed by atoms with van der Waals surface area (Å²) in [5, 5.41) is 4.94. The first-order valence-electron chi connectivity index (χ1n) is 4.68. The van der Waals surface area contributed by atoms with E-state index in [1.807, 2.05) is 0 Å². The van der Waals surface area contributed by atoms with Crippen molar-refractivity contribution >= 4 is 40.7 Å². The molecule has 92 valence electrons. The first kappa shape index (κ1) is 13.5. The van der Waals surface area contributed by atoms with E-state index in [1.54, 1.807) is 24.3 Å².